The number of likely N-dealkylation sites (N-methyl/N-ethyl adjacent to an activating group) is 1. The van der Waals surface area contributed by atoms with Crippen molar-refractivity contribution >= 4 is 13.7 Å². The first kappa shape index (κ1) is 74.2. The third-order valence-electron chi connectivity index (χ3n) is 14.7. The van der Waals surface area contributed by atoms with Gasteiger partial charge in [-0.05, 0) is 77.0 Å². The lowest BCUT2D eigenvalue weighted by molar-refractivity contribution is -0.870. The number of nitrogens with zero attached hydrogens (tertiary/aromatic N) is 1. The Labute approximate surface area is 472 Å². The summed E-state index contributed by atoms with van der Waals surface area (Å²) in [5.74, 6) is -0.191. The molecule has 0 aromatic carbocycles. The summed E-state index contributed by atoms with van der Waals surface area (Å²) in [6.07, 6.45) is 79.3. The molecule has 3 N–H and O–H groups in total. The van der Waals surface area contributed by atoms with Crippen LogP contribution in [0, 0.1) is 0 Å². The van der Waals surface area contributed by atoms with Crippen molar-refractivity contribution in [2.75, 3.05) is 40.9 Å². The second-order valence-corrected chi connectivity index (χ2v) is 24.9. The molecule has 0 rings (SSSR count). The summed E-state index contributed by atoms with van der Waals surface area (Å²) in [4.78, 5) is 23.4. The van der Waals surface area contributed by atoms with Crippen molar-refractivity contribution in [2.24, 2.45) is 0 Å². The van der Waals surface area contributed by atoms with Gasteiger partial charge in [-0.15, -0.1) is 0 Å². The van der Waals surface area contributed by atoms with E-state index in [1.807, 2.05) is 27.2 Å². The van der Waals surface area contributed by atoms with Crippen LogP contribution in [0.2, 0.25) is 0 Å². The van der Waals surface area contributed by atoms with Gasteiger partial charge >= 0.3 is 7.82 Å². The average Bonchev–Trinajstić information content (AvgIpc) is 3.38. The van der Waals surface area contributed by atoms with Crippen LogP contribution >= 0.6 is 7.82 Å². The van der Waals surface area contributed by atoms with Gasteiger partial charge < -0.3 is 19.8 Å². The van der Waals surface area contributed by atoms with E-state index in [9.17, 15) is 19.4 Å². The van der Waals surface area contributed by atoms with Crippen LogP contribution in [-0.2, 0) is 18.4 Å². The van der Waals surface area contributed by atoms with Gasteiger partial charge in [0, 0.05) is 6.42 Å². The van der Waals surface area contributed by atoms with Gasteiger partial charge in [-0.1, -0.05) is 286 Å². The van der Waals surface area contributed by atoms with E-state index in [2.05, 4.69) is 67.8 Å². The Balaban J connectivity index is 4.18. The van der Waals surface area contributed by atoms with Crippen LogP contribution in [-0.4, -0.2) is 73.4 Å². The van der Waals surface area contributed by atoms with Crippen molar-refractivity contribution in [3.8, 4) is 0 Å². The molecule has 76 heavy (non-hydrogen) atoms. The van der Waals surface area contributed by atoms with Crippen LogP contribution in [0.15, 0.2) is 60.8 Å². The number of amides is 1. The Bertz CT molecular complexity index is 1420. The van der Waals surface area contributed by atoms with E-state index >= 15 is 0 Å². The van der Waals surface area contributed by atoms with Gasteiger partial charge in [-0.2, -0.15) is 0 Å². The summed E-state index contributed by atoms with van der Waals surface area (Å²) in [6.45, 7) is 4.81. The molecule has 0 bridgehead atoms. The number of phosphoric acid groups is 1. The van der Waals surface area contributed by atoms with E-state index in [0.29, 0.717) is 17.4 Å². The monoisotopic (exact) mass is 1090 g/mol. The molecule has 0 aliphatic carbocycles. The van der Waals surface area contributed by atoms with E-state index in [0.717, 1.165) is 51.4 Å². The molecule has 0 fully saturated rings. The predicted molar refractivity (Wildman–Crippen MR) is 332 cm³/mol. The largest absolute Gasteiger partial charge is 0.472 e. The Kier molecular flexibility index (Phi) is 56.5. The Morgan fingerprint density at radius 2 is 0.763 bits per heavy atom. The maximum absolute atomic E-state index is 13.0. The Morgan fingerprint density at radius 3 is 1.13 bits per heavy atom. The topological polar surface area (TPSA) is 105 Å². The molecule has 0 aromatic rings. The number of phosphoric ester groups is 1. The summed E-state index contributed by atoms with van der Waals surface area (Å²) >= 11 is 0. The third kappa shape index (κ3) is 59.9. The maximum Gasteiger partial charge on any atom is 0.472 e. The van der Waals surface area contributed by atoms with Gasteiger partial charge in [0.25, 0.3) is 0 Å². The van der Waals surface area contributed by atoms with Crippen LogP contribution < -0.4 is 5.32 Å². The normalized spacial score (nSPS) is 14.1. The number of rotatable bonds is 60. The van der Waals surface area contributed by atoms with E-state index in [4.69, 9.17) is 9.05 Å². The van der Waals surface area contributed by atoms with Crippen molar-refractivity contribution in [3.05, 3.63) is 60.8 Å². The number of carbonyl (C=O) groups is 1. The highest BCUT2D eigenvalue weighted by atomic mass is 31.2. The van der Waals surface area contributed by atoms with Crippen molar-refractivity contribution in [1.82, 2.24) is 5.32 Å². The minimum absolute atomic E-state index is 0.0518. The van der Waals surface area contributed by atoms with Gasteiger partial charge in [0.05, 0.1) is 39.9 Å². The van der Waals surface area contributed by atoms with Crippen molar-refractivity contribution in [2.45, 2.75) is 321 Å². The highest BCUT2D eigenvalue weighted by Gasteiger charge is 2.27. The van der Waals surface area contributed by atoms with Crippen molar-refractivity contribution < 1.29 is 32.9 Å². The molecule has 0 saturated carbocycles. The number of quaternary nitrogens is 1. The number of nitrogens with one attached hydrogen (secondary N) is 1. The minimum Gasteiger partial charge on any atom is -0.387 e. The summed E-state index contributed by atoms with van der Waals surface area (Å²) in [6, 6.07) is -0.875. The molecule has 0 heterocycles. The molecule has 8 nitrogen and oxygen atoms in total. The van der Waals surface area contributed by atoms with E-state index < -0.39 is 20.0 Å². The molecular formula is C67H128N2O6P+. The van der Waals surface area contributed by atoms with E-state index in [-0.39, 0.29) is 19.1 Å². The van der Waals surface area contributed by atoms with Crippen molar-refractivity contribution in [3.63, 3.8) is 0 Å². The molecule has 0 aromatic heterocycles. The summed E-state index contributed by atoms with van der Waals surface area (Å²) in [5.41, 5.74) is 0. The van der Waals surface area contributed by atoms with Crippen LogP contribution in [0.3, 0.4) is 0 Å². The lowest BCUT2D eigenvalue weighted by Gasteiger charge is -2.25. The molecule has 0 aliphatic heterocycles. The first-order valence-electron chi connectivity index (χ1n) is 32.7. The second-order valence-electron chi connectivity index (χ2n) is 23.5. The summed E-state index contributed by atoms with van der Waals surface area (Å²) < 4.78 is 23.7. The number of aliphatic hydroxyl groups excluding tert-OH is 1. The zero-order valence-electron chi connectivity index (χ0n) is 51.0. The highest BCUT2D eigenvalue weighted by Crippen LogP contribution is 2.43. The van der Waals surface area contributed by atoms with Crippen LogP contribution in [0.4, 0.5) is 0 Å². The molecule has 1 amide bonds. The zero-order valence-corrected chi connectivity index (χ0v) is 51.9. The highest BCUT2D eigenvalue weighted by molar-refractivity contribution is 7.47. The first-order chi connectivity index (χ1) is 37.0. The standard InChI is InChI=1S/C67H127N2O6P/c1-6-8-10-12-14-16-18-20-22-24-26-28-30-31-32-33-34-35-36-37-39-40-42-44-46-48-50-52-54-56-58-60-66(70)65(64-75-76(72,73)74-63-62-69(3,4)5)68-67(71)61-59-57-55-53-51-49-47-45-43-41-38-29-27-25-23-21-19-17-15-13-11-9-7-2/h19,21,25,27,42,44,50,52,58,60,65-66,70H,6-18,20,22-24,26,28-41,43,45-49,51,53-57,59,61-64H2,1-5H3,(H-,68,71,72,73)/p+1/b21-19-,27-25-,44-42+,52-50+,60-58+. The van der Waals surface area contributed by atoms with Gasteiger partial charge in [0.2, 0.25) is 5.91 Å². The Hall–Kier alpha value is -1.80. The fourth-order valence-corrected chi connectivity index (χ4v) is 10.3. The molecule has 3 atom stereocenters. The molecule has 446 valence electrons. The molecule has 9 heteroatoms. The van der Waals surface area contributed by atoms with Gasteiger partial charge in [-0.25, -0.2) is 4.57 Å². The number of hydrogen-bond acceptors (Lipinski definition) is 5. The second kappa shape index (κ2) is 57.9. The molecular weight excluding hydrogens is 960 g/mol. The number of hydrogen-bond donors (Lipinski definition) is 3. The van der Waals surface area contributed by atoms with Gasteiger partial charge in [-0.3, -0.25) is 13.8 Å². The summed E-state index contributed by atoms with van der Waals surface area (Å²) in [5, 5.41) is 14.0. The van der Waals surface area contributed by atoms with Gasteiger partial charge in [0.1, 0.15) is 13.2 Å². The Morgan fingerprint density at radius 1 is 0.447 bits per heavy atom. The minimum atomic E-state index is -4.37. The fraction of sp³-hybridized carbons (Fsp3) is 0.836. The van der Waals surface area contributed by atoms with Crippen molar-refractivity contribution in [1.29, 1.82) is 0 Å². The fourth-order valence-electron chi connectivity index (χ4n) is 9.58. The number of aliphatic hydroxyl groups is 1. The molecule has 0 spiro atoms. The van der Waals surface area contributed by atoms with E-state index in [1.165, 1.54) is 238 Å². The lowest BCUT2D eigenvalue weighted by Crippen LogP contribution is -2.45. The average molecular weight is 1090 g/mol. The quantitative estimate of drug-likeness (QED) is 0.0243. The lowest BCUT2D eigenvalue weighted by atomic mass is 10.0. The third-order valence-corrected chi connectivity index (χ3v) is 15.7. The van der Waals surface area contributed by atoms with Crippen LogP contribution in [0.5, 0.6) is 0 Å². The molecule has 0 radical (unpaired) electrons. The predicted octanol–water partition coefficient (Wildman–Crippen LogP) is 20.4. The van der Waals surface area contributed by atoms with Crippen LogP contribution in [0.25, 0.3) is 0 Å². The van der Waals surface area contributed by atoms with E-state index in [1.54, 1.807) is 6.08 Å². The molecule has 0 aliphatic rings. The zero-order chi connectivity index (χ0) is 55.6. The number of carbonyl (C=O) groups excluding carboxylic acids is 1. The number of unbranched alkanes of at least 4 members (excludes halogenated alkanes) is 39. The SMILES string of the molecule is CCCCCCC/C=C\C/C=C\CCCCCCCCCCCCCC(=O)NC(COP(=O)(O)OCC[N+](C)(C)C)C(O)/C=C/CC/C=C/CC/C=C/CCCCCCCCCCCCCCCCCCCCCCC. The number of allylic oxidation sites excluding steroid dienone is 9. The van der Waals surface area contributed by atoms with Crippen LogP contribution in [0.1, 0.15) is 309 Å². The molecule has 0 saturated heterocycles. The smallest absolute Gasteiger partial charge is 0.387 e. The first-order valence-corrected chi connectivity index (χ1v) is 34.2. The maximum atomic E-state index is 13.0. The molecule has 3 unspecified atom stereocenters. The van der Waals surface area contributed by atoms with Gasteiger partial charge in [0.15, 0.2) is 0 Å². The summed E-state index contributed by atoms with van der Waals surface area (Å²) in [7, 11) is 1.55.